The van der Waals surface area contributed by atoms with Crippen molar-refractivity contribution in [1.29, 1.82) is 0 Å². The van der Waals surface area contributed by atoms with Crippen LogP contribution in [0.1, 0.15) is 38.4 Å². The van der Waals surface area contributed by atoms with Crippen LogP contribution in [0.3, 0.4) is 0 Å². The van der Waals surface area contributed by atoms with Crippen LogP contribution in [0.15, 0.2) is 34.5 Å². The molecule has 0 unspecified atom stereocenters. The molecule has 1 aliphatic rings. The molecule has 2 N–H and O–H groups in total. The fourth-order valence-electron chi connectivity index (χ4n) is 3.00. The van der Waals surface area contributed by atoms with E-state index in [1.54, 1.807) is 37.6 Å². The Balaban J connectivity index is 1.84. The van der Waals surface area contributed by atoms with Crippen molar-refractivity contribution in [3.63, 3.8) is 0 Å². The zero-order chi connectivity index (χ0) is 19.6. The van der Waals surface area contributed by atoms with Gasteiger partial charge in [-0.25, -0.2) is 8.42 Å². The van der Waals surface area contributed by atoms with E-state index in [0.29, 0.717) is 29.9 Å². The Kier molecular flexibility index (Phi) is 5.64. The van der Waals surface area contributed by atoms with E-state index >= 15 is 0 Å². The topological polar surface area (TPSA) is 95.6 Å². The molecule has 1 aliphatic heterocycles. The van der Waals surface area contributed by atoms with Gasteiger partial charge in [0, 0.05) is 31.4 Å². The first kappa shape index (κ1) is 19.5. The number of hydrogen-bond donors (Lipinski definition) is 2. The third-order valence-corrected chi connectivity index (χ3v) is 7.47. The Morgan fingerprint density at radius 2 is 1.81 bits per heavy atom. The fraction of sp³-hybridized carbons (Fsp3) is 0.333. The lowest BCUT2D eigenvalue weighted by molar-refractivity contribution is 0.0962. The number of aryl methyl sites for hydroxylation is 1. The van der Waals surface area contributed by atoms with Gasteiger partial charge in [0.1, 0.15) is 9.77 Å². The molecule has 27 heavy (non-hydrogen) atoms. The number of benzene rings is 1. The van der Waals surface area contributed by atoms with Gasteiger partial charge in [0.2, 0.25) is 10.0 Å². The predicted molar refractivity (Wildman–Crippen MR) is 105 cm³/mol. The maximum atomic E-state index is 12.8. The highest BCUT2D eigenvalue weighted by Gasteiger charge is 2.31. The van der Waals surface area contributed by atoms with Crippen LogP contribution >= 0.6 is 11.3 Å². The van der Waals surface area contributed by atoms with Crippen LogP contribution in [-0.4, -0.2) is 44.7 Å². The number of nitrogens with one attached hydrogen (secondary N) is 2. The molecule has 1 fully saturated rings. The van der Waals surface area contributed by atoms with E-state index in [9.17, 15) is 18.0 Å². The second-order valence-corrected chi connectivity index (χ2v) is 9.11. The summed E-state index contributed by atoms with van der Waals surface area (Å²) >= 11 is 1.10. The number of carbonyl (C=O) groups excluding carboxylic acids is 2. The zero-order valence-corrected chi connectivity index (χ0v) is 16.7. The van der Waals surface area contributed by atoms with Crippen LogP contribution in [0.25, 0.3) is 0 Å². The van der Waals surface area contributed by atoms with Gasteiger partial charge in [-0.15, -0.1) is 11.3 Å². The summed E-state index contributed by atoms with van der Waals surface area (Å²) < 4.78 is 27.0. The number of sulfonamides is 1. The number of carbonyl (C=O) groups is 2. The maximum absolute atomic E-state index is 12.8. The highest BCUT2D eigenvalue weighted by Crippen LogP contribution is 2.28. The molecule has 0 bridgehead atoms. The van der Waals surface area contributed by atoms with Gasteiger partial charge in [-0.3, -0.25) is 9.59 Å². The third-order valence-electron chi connectivity index (χ3n) is 4.48. The Bertz CT molecular complexity index is 976. The summed E-state index contributed by atoms with van der Waals surface area (Å²) in [5.41, 5.74) is 1.73. The van der Waals surface area contributed by atoms with Gasteiger partial charge in [-0.1, -0.05) is 0 Å². The van der Waals surface area contributed by atoms with Crippen molar-refractivity contribution in [2.24, 2.45) is 0 Å². The van der Waals surface area contributed by atoms with E-state index in [0.717, 1.165) is 24.2 Å². The van der Waals surface area contributed by atoms with Crippen molar-refractivity contribution >= 4 is 38.9 Å². The molecule has 3 rings (SSSR count). The van der Waals surface area contributed by atoms with Crippen LogP contribution in [0.4, 0.5) is 5.69 Å². The minimum absolute atomic E-state index is 0.0477. The average molecular weight is 408 g/mol. The summed E-state index contributed by atoms with van der Waals surface area (Å²) in [7, 11) is -2.12. The second kappa shape index (κ2) is 7.79. The molecular formula is C18H21N3O4S2. The molecule has 1 aromatic heterocycles. The third kappa shape index (κ3) is 3.90. The van der Waals surface area contributed by atoms with Crippen molar-refractivity contribution in [3.8, 4) is 0 Å². The van der Waals surface area contributed by atoms with E-state index in [2.05, 4.69) is 10.6 Å². The zero-order valence-electron chi connectivity index (χ0n) is 15.1. The molecule has 1 aromatic carbocycles. The van der Waals surface area contributed by atoms with E-state index in [4.69, 9.17) is 0 Å². The number of thiophene rings is 1. The second-order valence-electron chi connectivity index (χ2n) is 6.29. The largest absolute Gasteiger partial charge is 0.355 e. The normalized spacial score (nSPS) is 14.9. The van der Waals surface area contributed by atoms with Gasteiger partial charge in [0.25, 0.3) is 11.8 Å². The van der Waals surface area contributed by atoms with E-state index in [1.807, 2.05) is 0 Å². The van der Waals surface area contributed by atoms with Crippen LogP contribution in [0.2, 0.25) is 0 Å². The minimum Gasteiger partial charge on any atom is -0.355 e. The van der Waals surface area contributed by atoms with Crippen LogP contribution in [0, 0.1) is 6.92 Å². The van der Waals surface area contributed by atoms with Gasteiger partial charge in [0.05, 0.1) is 0 Å². The number of nitrogens with zero attached hydrogens (tertiary/aromatic N) is 1. The molecule has 0 saturated carbocycles. The molecule has 2 aromatic rings. The fourth-order valence-corrected chi connectivity index (χ4v) is 5.82. The smallest absolute Gasteiger partial charge is 0.267 e. The molecule has 2 amide bonds. The molecule has 144 valence electrons. The molecule has 2 heterocycles. The van der Waals surface area contributed by atoms with Crippen molar-refractivity contribution in [3.05, 3.63) is 45.6 Å². The first-order chi connectivity index (χ1) is 12.8. The first-order valence-corrected chi connectivity index (χ1v) is 10.9. The maximum Gasteiger partial charge on any atom is 0.267 e. The van der Waals surface area contributed by atoms with Gasteiger partial charge in [-0.2, -0.15) is 4.31 Å². The highest BCUT2D eigenvalue weighted by atomic mass is 32.2. The molecule has 0 spiro atoms. The SMILES string of the molecule is CNC(=O)c1ccc(NC(=O)c2sccc2S(=O)(=O)N2CCCC2)c(C)c1. The van der Waals surface area contributed by atoms with Crippen molar-refractivity contribution in [2.75, 3.05) is 25.5 Å². The molecule has 9 heteroatoms. The molecule has 0 radical (unpaired) electrons. The Labute approximate surface area is 162 Å². The Morgan fingerprint density at radius 3 is 2.44 bits per heavy atom. The lowest BCUT2D eigenvalue weighted by Gasteiger charge is -2.16. The molecular weight excluding hydrogens is 386 g/mol. The standard InChI is InChI=1S/C18H21N3O4S2/c1-12-11-13(17(22)19-2)5-6-14(12)20-18(23)16-15(7-10-26-16)27(24,25)21-8-3-4-9-21/h5-7,10-11H,3-4,8-9H2,1-2H3,(H,19,22)(H,20,23). The molecule has 7 nitrogen and oxygen atoms in total. The van der Waals surface area contributed by atoms with Gasteiger partial charge in [0.15, 0.2) is 0 Å². The summed E-state index contributed by atoms with van der Waals surface area (Å²) in [5, 5.41) is 6.91. The summed E-state index contributed by atoms with van der Waals surface area (Å²) in [6.07, 6.45) is 1.67. The summed E-state index contributed by atoms with van der Waals surface area (Å²) in [5.74, 6) is -0.688. The Morgan fingerprint density at radius 1 is 1.11 bits per heavy atom. The lowest BCUT2D eigenvalue weighted by Crippen LogP contribution is -2.29. The van der Waals surface area contributed by atoms with Crippen LogP contribution in [0.5, 0.6) is 0 Å². The number of anilines is 1. The number of hydrogen-bond acceptors (Lipinski definition) is 5. The van der Waals surface area contributed by atoms with Crippen LogP contribution in [-0.2, 0) is 10.0 Å². The monoisotopic (exact) mass is 407 g/mol. The first-order valence-electron chi connectivity index (χ1n) is 8.56. The van der Waals surface area contributed by atoms with E-state index < -0.39 is 15.9 Å². The number of amides is 2. The number of rotatable bonds is 5. The average Bonchev–Trinajstić information content (AvgIpc) is 3.34. The lowest BCUT2D eigenvalue weighted by atomic mass is 10.1. The van der Waals surface area contributed by atoms with Gasteiger partial charge in [-0.05, 0) is 55.0 Å². The van der Waals surface area contributed by atoms with Gasteiger partial charge < -0.3 is 10.6 Å². The van der Waals surface area contributed by atoms with Crippen molar-refractivity contribution < 1.29 is 18.0 Å². The summed E-state index contributed by atoms with van der Waals surface area (Å²) in [6.45, 7) is 2.75. The van der Waals surface area contributed by atoms with Gasteiger partial charge >= 0.3 is 0 Å². The Hall–Kier alpha value is -2.23. The molecule has 0 atom stereocenters. The summed E-state index contributed by atoms with van der Waals surface area (Å²) in [6, 6.07) is 6.40. The van der Waals surface area contributed by atoms with Crippen LogP contribution < -0.4 is 10.6 Å². The predicted octanol–water partition coefficient (Wildman–Crippen LogP) is 2.45. The molecule has 1 saturated heterocycles. The van der Waals surface area contributed by atoms with Crippen molar-refractivity contribution in [1.82, 2.24) is 9.62 Å². The minimum atomic E-state index is -3.66. The quantitative estimate of drug-likeness (QED) is 0.796. The van der Waals surface area contributed by atoms with E-state index in [-0.39, 0.29) is 15.7 Å². The van der Waals surface area contributed by atoms with E-state index in [1.165, 1.54) is 10.4 Å². The summed E-state index contributed by atoms with van der Waals surface area (Å²) in [4.78, 5) is 24.6. The highest BCUT2D eigenvalue weighted by molar-refractivity contribution is 7.89. The van der Waals surface area contributed by atoms with Crippen molar-refractivity contribution in [2.45, 2.75) is 24.7 Å². The molecule has 0 aliphatic carbocycles.